The third-order valence-corrected chi connectivity index (χ3v) is 6.27. The molecule has 0 bridgehead atoms. The van der Waals surface area contributed by atoms with Crippen molar-refractivity contribution in [2.24, 2.45) is 0 Å². The van der Waals surface area contributed by atoms with E-state index >= 15 is 0 Å². The van der Waals surface area contributed by atoms with Crippen LogP contribution in [-0.2, 0) is 13.0 Å². The second-order valence-corrected chi connectivity index (χ2v) is 8.61. The summed E-state index contributed by atoms with van der Waals surface area (Å²) in [5, 5.41) is 0.730. The molecule has 5 rings (SSSR count). The summed E-state index contributed by atoms with van der Waals surface area (Å²) in [6.45, 7) is 1.94. The van der Waals surface area contributed by atoms with Gasteiger partial charge >= 0.3 is 0 Å². The molecular weight excluding hydrogens is 454 g/mol. The number of carbonyl (C=O) groups is 1. The summed E-state index contributed by atoms with van der Waals surface area (Å²) in [4.78, 5) is 15.3. The molecular formula is C27H24ClNO5. The molecule has 174 valence electrons. The molecule has 0 unspecified atom stereocenters. The van der Waals surface area contributed by atoms with Crippen molar-refractivity contribution in [2.75, 3.05) is 27.5 Å². The van der Waals surface area contributed by atoms with E-state index in [1.807, 2.05) is 42.5 Å². The highest BCUT2D eigenvalue weighted by Crippen LogP contribution is 2.42. The van der Waals surface area contributed by atoms with Crippen LogP contribution in [0, 0.1) is 0 Å². The number of fused-ring (bicyclic) bond motifs is 3. The van der Waals surface area contributed by atoms with Gasteiger partial charge in [0.15, 0.2) is 17.3 Å². The van der Waals surface area contributed by atoms with E-state index in [0.717, 1.165) is 34.9 Å². The molecule has 0 fully saturated rings. The average molecular weight is 478 g/mol. The first-order valence-corrected chi connectivity index (χ1v) is 11.4. The topological polar surface area (TPSA) is 57.2 Å². The van der Waals surface area contributed by atoms with Gasteiger partial charge in [-0.1, -0.05) is 29.8 Å². The highest BCUT2D eigenvalue weighted by molar-refractivity contribution is 6.30. The molecule has 0 spiro atoms. The summed E-state index contributed by atoms with van der Waals surface area (Å²) in [6.07, 6.45) is 2.59. The Balaban J connectivity index is 1.35. The molecule has 3 aromatic carbocycles. The lowest BCUT2D eigenvalue weighted by molar-refractivity contribution is 0.0950. The highest BCUT2D eigenvalue weighted by atomic mass is 35.5. The lowest BCUT2D eigenvalue weighted by Crippen LogP contribution is -2.33. The smallest absolute Gasteiger partial charge is 0.231 e. The van der Waals surface area contributed by atoms with Gasteiger partial charge in [-0.05, 0) is 60.0 Å². The molecule has 34 heavy (non-hydrogen) atoms. The van der Waals surface area contributed by atoms with Crippen molar-refractivity contribution in [1.82, 2.24) is 4.90 Å². The van der Waals surface area contributed by atoms with Crippen LogP contribution in [0.5, 0.6) is 23.0 Å². The number of hydrogen-bond acceptors (Lipinski definition) is 6. The quantitative estimate of drug-likeness (QED) is 0.445. The Kier molecular flexibility index (Phi) is 6.18. The van der Waals surface area contributed by atoms with Gasteiger partial charge in [0.05, 0.1) is 25.3 Å². The number of allylic oxidation sites excluding steroid dienone is 1. The van der Waals surface area contributed by atoms with E-state index in [2.05, 4.69) is 4.90 Å². The molecule has 0 amide bonds. The standard InChI is InChI=1S/C27H24ClNO5/c1-31-23-9-5-18(13-24(23)32-2)14-25-26(30)20-8-10-22-21(27(20)34-25)15-29(16-33-22)12-11-17-3-6-19(28)7-4-17/h3-10,13-14H,11-12,15-16H2,1-2H3/b25-14-. The number of hydrogen-bond donors (Lipinski definition) is 0. The fourth-order valence-electron chi connectivity index (χ4n) is 4.18. The van der Waals surface area contributed by atoms with Crippen molar-refractivity contribution >= 4 is 23.5 Å². The summed E-state index contributed by atoms with van der Waals surface area (Å²) < 4.78 is 22.7. The van der Waals surface area contributed by atoms with Gasteiger partial charge < -0.3 is 18.9 Å². The Bertz CT molecular complexity index is 1270. The minimum absolute atomic E-state index is 0.147. The van der Waals surface area contributed by atoms with E-state index < -0.39 is 0 Å². The van der Waals surface area contributed by atoms with Gasteiger partial charge in [0.2, 0.25) is 5.78 Å². The van der Waals surface area contributed by atoms with E-state index in [4.69, 9.17) is 30.5 Å². The fraction of sp³-hybridized carbons (Fsp3) is 0.222. The second kappa shape index (κ2) is 9.41. The van der Waals surface area contributed by atoms with Crippen LogP contribution in [0.15, 0.2) is 60.4 Å². The van der Waals surface area contributed by atoms with Gasteiger partial charge in [0.1, 0.15) is 18.2 Å². The van der Waals surface area contributed by atoms with Gasteiger partial charge in [0.25, 0.3) is 0 Å². The summed E-state index contributed by atoms with van der Waals surface area (Å²) in [5.74, 6) is 2.66. The van der Waals surface area contributed by atoms with Crippen molar-refractivity contribution in [2.45, 2.75) is 13.0 Å². The van der Waals surface area contributed by atoms with Gasteiger partial charge in [-0.3, -0.25) is 9.69 Å². The third kappa shape index (κ3) is 4.34. The van der Waals surface area contributed by atoms with Crippen molar-refractivity contribution in [1.29, 1.82) is 0 Å². The Morgan fingerprint density at radius 2 is 1.82 bits per heavy atom. The lowest BCUT2D eigenvalue weighted by atomic mass is 10.0. The first-order valence-electron chi connectivity index (χ1n) is 11.0. The van der Waals surface area contributed by atoms with E-state index in [9.17, 15) is 4.79 Å². The third-order valence-electron chi connectivity index (χ3n) is 6.02. The maximum absolute atomic E-state index is 13.1. The number of carbonyl (C=O) groups excluding carboxylic acids is 1. The van der Waals surface area contributed by atoms with Crippen LogP contribution in [0.4, 0.5) is 0 Å². The molecule has 0 N–H and O–H groups in total. The maximum Gasteiger partial charge on any atom is 0.231 e. The van der Waals surface area contributed by atoms with Gasteiger partial charge in [-0.25, -0.2) is 0 Å². The predicted molar refractivity (Wildman–Crippen MR) is 130 cm³/mol. The van der Waals surface area contributed by atoms with Gasteiger partial charge in [0, 0.05) is 18.1 Å². The van der Waals surface area contributed by atoms with Crippen molar-refractivity contribution in [3.63, 3.8) is 0 Å². The first kappa shape index (κ1) is 22.3. The summed E-state index contributed by atoms with van der Waals surface area (Å²) in [7, 11) is 3.16. The molecule has 2 heterocycles. The highest BCUT2D eigenvalue weighted by Gasteiger charge is 2.33. The van der Waals surface area contributed by atoms with Crippen LogP contribution in [0.2, 0.25) is 5.02 Å². The van der Waals surface area contributed by atoms with Crippen molar-refractivity contribution < 1.29 is 23.7 Å². The van der Waals surface area contributed by atoms with Crippen molar-refractivity contribution in [3.05, 3.63) is 87.6 Å². The van der Waals surface area contributed by atoms with E-state index in [-0.39, 0.29) is 11.5 Å². The monoisotopic (exact) mass is 477 g/mol. The number of nitrogens with zero attached hydrogens (tertiary/aromatic N) is 1. The van der Waals surface area contributed by atoms with Crippen LogP contribution in [0.1, 0.15) is 27.0 Å². The number of ketones is 1. The zero-order valence-corrected chi connectivity index (χ0v) is 19.7. The average Bonchev–Trinajstić information content (AvgIpc) is 3.19. The number of rotatable bonds is 6. The number of methoxy groups -OCH3 is 2. The van der Waals surface area contributed by atoms with Crippen LogP contribution in [0.3, 0.4) is 0 Å². The Hall–Kier alpha value is -3.48. The van der Waals surface area contributed by atoms with Crippen LogP contribution < -0.4 is 18.9 Å². The van der Waals surface area contributed by atoms with Crippen LogP contribution in [0.25, 0.3) is 6.08 Å². The minimum Gasteiger partial charge on any atom is -0.493 e. The molecule has 0 aliphatic carbocycles. The number of Topliss-reactive ketones (excluding diaryl/α,β-unsaturated/α-hetero) is 1. The Morgan fingerprint density at radius 3 is 2.59 bits per heavy atom. The van der Waals surface area contributed by atoms with E-state index in [1.165, 1.54) is 5.56 Å². The molecule has 0 aromatic heterocycles. The molecule has 0 radical (unpaired) electrons. The molecule has 2 aliphatic heterocycles. The Morgan fingerprint density at radius 1 is 1.03 bits per heavy atom. The SMILES string of the molecule is COc1ccc(/C=C2\Oc3c(ccc4c3CN(CCc3ccc(Cl)cc3)CO4)C2=O)cc1OC. The first-order chi connectivity index (χ1) is 16.6. The van der Waals surface area contributed by atoms with Crippen LogP contribution >= 0.6 is 11.6 Å². The number of benzene rings is 3. The van der Waals surface area contributed by atoms with Gasteiger partial charge in [-0.15, -0.1) is 0 Å². The van der Waals surface area contributed by atoms with Gasteiger partial charge in [-0.2, -0.15) is 0 Å². The normalized spacial score (nSPS) is 16.0. The van der Waals surface area contributed by atoms with E-state index in [0.29, 0.717) is 36.1 Å². The molecule has 3 aromatic rings. The molecule has 2 aliphatic rings. The lowest BCUT2D eigenvalue weighted by Gasteiger charge is -2.29. The largest absolute Gasteiger partial charge is 0.493 e. The summed E-state index contributed by atoms with van der Waals surface area (Å²) >= 11 is 5.99. The molecule has 0 saturated heterocycles. The Labute approximate surface area is 203 Å². The molecule has 0 atom stereocenters. The number of ether oxygens (including phenoxy) is 4. The van der Waals surface area contributed by atoms with Crippen LogP contribution in [-0.4, -0.2) is 38.2 Å². The predicted octanol–water partition coefficient (Wildman–Crippen LogP) is 5.37. The molecule has 6 nitrogen and oxygen atoms in total. The van der Waals surface area contributed by atoms with E-state index in [1.54, 1.807) is 32.4 Å². The molecule has 7 heteroatoms. The fourth-order valence-corrected chi connectivity index (χ4v) is 4.31. The number of halogens is 1. The zero-order chi connectivity index (χ0) is 23.7. The summed E-state index contributed by atoms with van der Waals surface area (Å²) in [5.41, 5.74) is 3.43. The van der Waals surface area contributed by atoms with Crippen molar-refractivity contribution in [3.8, 4) is 23.0 Å². The second-order valence-electron chi connectivity index (χ2n) is 8.18. The zero-order valence-electron chi connectivity index (χ0n) is 19.0. The summed E-state index contributed by atoms with van der Waals surface area (Å²) in [6, 6.07) is 17.0. The maximum atomic E-state index is 13.1. The minimum atomic E-state index is -0.147. The molecule has 0 saturated carbocycles.